The number of nitrogens with zero attached hydrogens (tertiary/aromatic N) is 3. The van der Waals surface area contributed by atoms with Gasteiger partial charge in [-0.15, -0.1) is 0 Å². The zero-order valence-corrected chi connectivity index (χ0v) is 5.20. The fourth-order valence-electron chi connectivity index (χ4n) is 0.834. The molecule has 0 spiro atoms. The first-order chi connectivity index (χ1) is 4.18. The van der Waals surface area contributed by atoms with Crippen molar-refractivity contribution in [2.24, 2.45) is 0 Å². The van der Waals surface area contributed by atoms with Gasteiger partial charge in [-0.25, -0.2) is 0 Å². The second-order valence-corrected chi connectivity index (χ2v) is 2.19. The van der Waals surface area contributed by atoms with Crippen LogP contribution in [0.2, 0.25) is 0 Å². The fraction of sp³-hybridized carbons (Fsp3) is 1.00. The van der Waals surface area contributed by atoms with Crippen LogP contribution in [0.1, 0.15) is 0 Å². The molecule has 0 atom stereocenters. The van der Waals surface area contributed by atoms with Crippen LogP contribution in [-0.4, -0.2) is 58.4 Å². The molecular weight excluding hydrogens is 110 g/mol. The van der Waals surface area contributed by atoms with Crippen molar-refractivity contribution in [3.63, 3.8) is 0 Å². The minimum atomic E-state index is 0.563. The minimum absolute atomic E-state index is 0.563. The Morgan fingerprint density at radius 3 is 1.11 bits per heavy atom. The molecule has 0 aliphatic carbocycles. The molecule has 3 nitrogen and oxygen atoms in total. The van der Waals surface area contributed by atoms with Crippen LogP contribution in [0.4, 0.5) is 0 Å². The van der Waals surface area contributed by atoms with Gasteiger partial charge in [0.1, 0.15) is 0 Å². The largest absolute Gasteiger partial charge is 0.332 e. The van der Waals surface area contributed by atoms with Crippen LogP contribution < -0.4 is 0 Å². The average molecular weight is 117 g/mol. The summed E-state index contributed by atoms with van der Waals surface area (Å²) in [6.45, 7) is 1.69. The Labute approximate surface area is 59.3 Å². The summed E-state index contributed by atoms with van der Waals surface area (Å²) in [5, 5.41) is 0. The van der Waals surface area contributed by atoms with Crippen LogP contribution in [0.5, 0.6) is 0 Å². The lowest BCUT2D eigenvalue weighted by molar-refractivity contribution is 0.135. The Balaban J connectivity index is 2.34. The first-order valence-electron chi connectivity index (χ1n) is 2.67. The topological polar surface area (TPSA) is 9.72 Å². The summed E-state index contributed by atoms with van der Waals surface area (Å²) in [7, 11) is 16.2. The molecule has 1 fully saturated rings. The molecule has 1 saturated heterocycles. The highest BCUT2D eigenvalue weighted by Gasteiger charge is 2.12. The summed E-state index contributed by atoms with van der Waals surface area (Å²) in [5.74, 6) is 0. The average Bonchev–Trinajstić information content (AvgIpc) is 1.59. The molecule has 6 radical (unpaired) electrons. The van der Waals surface area contributed by atoms with Gasteiger partial charge in [0.25, 0.3) is 0 Å². The molecule has 1 aliphatic rings. The third-order valence-electron chi connectivity index (χ3n) is 1.09. The molecule has 0 bridgehead atoms. The molecule has 9 heavy (non-hydrogen) atoms. The van der Waals surface area contributed by atoms with E-state index in [4.69, 9.17) is 23.9 Å². The van der Waals surface area contributed by atoms with Crippen molar-refractivity contribution in [3.05, 3.63) is 0 Å². The van der Waals surface area contributed by atoms with E-state index in [2.05, 4.69) is 0 Å². The molecular formula is C3H6B3N3. The molecule has 0 aromatic rings. The zero-order valence-electron chi connectivity index (χ0n) is 5.20. The fourth-order valence-corrected chi connectivity index (χ4v) is 0.834. The van der Waals surface area contributed by atoms with E-state index in [0.29, 0.717) is 20.0 Å². The second-order valence-electron chi connectivity index (χ2n) is 2.19. The monoisotopic (exact) mass is 117 g/mol. The summed E-state index contributed by atoms with van der Waals surface area (Å²) in [4.78, 5) is 4.59. The lowest BCUT2D eigenvalue weighted by Gasteiger charge is -2.38. The van der Waals surface area contributed by atoms with E-state index in [9.17, 15) is 0 Å². The predicted octanol–water partition coefficient (Wildman–Crippen LogP) is -1.97. The molecule has 6 heteroatoms. The van der Waals surface area contributed by atoms with Gasteiger partial charge < -0.3 is 14.4 Å². The van der Waals surface area contributed by atoms with E-state index in [-0.39, 0.29) is 0 Å². The van der Waals surface area contributed by atoms with Gasteiger partial charge >= 0.3 is 0 Å². The summed E-state index contributed by atoms with van der Waals surface area (Å²) < 4.78 is 0. The summed E-state index contributed by atoms with van der Waals surface area (Å²) in [5.41, 5.74) is 0. The van der Waals surface area contributed by atoms with Gasteiger partial charge in [-0.2, -0.15) is 0 Å². The molecule has 1 rings (SSSR count). The van der Waals surface area contributed by atoms with Gasteiger partial charge in [-0.1, -0.05) is 0 Å². The van der Waals surface area contributed by atoms with Crippen molar-refractivity contribution in [3.8, 4) is 0 Å². The number of rotatable bonds is 0. The van der Waals surface area contributed by atoms with Crippen molar-refractivity contribution in [1.29, 1.82) is 0 Å². The quantitative estimate of drug-likeness (QED) is 0.340. The molecule has 42 valence electrons. The predicted molar refractivity (Wildman–Crippen MR) is 37.4 cm³/mol. The van der Waals surface area contributed by atoms with Gasteiger partial charge in [0, 0.05) is 20.0 Å². The van der Waals surface area contributed by atoms with E-state index in [0.717, 1.165) is 0 Å². The van der Waals surface area contributed by atoms with Crippen molar-refractivity contribution in [2.75, 3.05) is 20.0 Å². The van der Waals surface area contributed by atoms with Gasteiger partial charge in [0.05, 0.1) is 0 Å². The highest BCUT2D eigenvalue weighted by molar-refractivity contribution is 6.09. The molecule has 0 saturated carbocycles. The Bertz CT molecular complexity index is 75.3. The summed E-state index contributed by atoms with van der Waals surface area (Å²) >= 11 is 0. The highest BCUT2D eigenvalue weighted by atomic mass is 15.4. The van der Waals surface area contributed by atoms with Crippen molar-refractivity contribution < 1.29 is 0 Å². The Morgan fingerprint density at radius 2 is 0.889 bits per heavy atom. The van der Waals surface area contributed by atoms with Crippen LogP contribution >= 0.6 is 0 Å². The molecule has 0 amide bonds. The SMILES string of the molecule is [B]N1CN([B])CN([B])C1. The van der Waals surface area contributed by atoms with Crippen molar-refractivity contribution in [2.45, 2.75) is 0 Å². The molecule has 1 aliphatic heterocycles. The van der Waals surface area contributed by atoms with Gasteiger partial charge in [-0.05, 0) is 0 Å². The normalized spacial score (nSPS) is 26.7. The molecule has 0 aromatic carbocycles. The zero-order chi connectivity index (χ0) is 6.85. The summed E-state index contributed by atoms with van der Waals surface area (Å²) in [6.07, 6.45) is 0. The number of hydrogen-bond acceptors (Lipinski definition) is 3. The highest BCUT2D eigenvalue weighted by Crippen LogP contribution is 1.96. The van der Waals surface area contributed by atoms with Crippen LogP contribution in [0.25, 0.3) is 0 Å². The van der Waals surface area contributed by atoms with Crippen LogP contribution in [-0.2, 0) is 0 Å². The lowest BCUT2D eigenvalue weighted by atomic mass is 10.2. The van der Waals surface area contributed by atoms with E-state index < -0.39 is 0 Å². The van der Waals surface area contributed by atoms with Crippen LogP contribution in [0.3, 0.4) is 0 Å². The maximum atomic E-state index is 5.41. The van der Waals surface area contributed by atoms with Gasteiger partial charge in [0.15, 0.2) is 23.9 Å². The maximum absolute atomic E-state index is 5.41. The first-order valence-corrected chi connectivity index (χ1v) is 2.67. The molecule has 1 heterocycles. The van der Waals surface area contributed by atoms with Crippen LogP contribution in [0, 0.1) is 0 Å². The second kappa shape index (κ2) is 2.77. The maximum Gasteiger partial charge on any atom is 0.185 e. The summed E-state index contributed by atoms with van der Waals surface area (Å²) in [6, 6.07) is 0. The van der Waals surface area contributed by atoms with Gasteiger partial charge in [0.2, 0.25) is 0 Å². The lowest BCUT2D eigenvalue weighted by Crippen LogP contribution is -2.51. The molecule has 0 aromatic heterocycles. The van der Waals surface area contributed by atoms with E-state index in [1.54, 1.807) is 0 Å². The third kappa shape index (κ3) is 2.04. The Morgan fingerprint density at radius 1 is 0.667 bits per heavy atom. The van der Waals surface area contributed by atoms with Crippen LogP contribution in [0.15, 0.2) is 0 Å². The standard InChI is InChI=1S/C3H6B3N3/c4-7-1-8(5)3-9(6)2-7/h1-3H2. The minimum Gasteiger partial charge on any atom is -0.332 e. The molecule has 0 unspecified atom stereocenters. The van der Waals surface area contributed by atoms with E-state index in [1.807, 2.05) is 0 Å². The first kappa shape index (κ1) is 7.19. The van der Waals surface area contributed by atoms with Crippen molar-refractivity contribution in [1.82, 2.24) is 14.4 Å². The Kier molecular flexibility index (Phi) is 2.21. The smallest absolute Gasteiger partial charge is 0.185 e. The Hall–Kier alpha value is 0.0748. The van der Waals surface area contributed by atoms with Gasteiger partial charge in [-0.3, -0.25) is 0 Å². The molecule has 0 N–H and O–H groups in total. The third-order valence-corrected chi connectivity index (χ3v) is 1.09. The number of hydrogen-bond donors (Lipinski definition) is 0. The van der Waals surface area contributed by atoms with Crippen molar-refractivity contribution >= 4 is 23.9 Å². The van der Waals surface area contributed by atoms with E-state index >= 15 is 0 Å². The van der Waals surface area contributed by atoms with E-state index in [1.165, 1.54) is 14.4 Å².